The Labute approximate surface area is 647 Å². The van der Waals surface area contributed by atoms with E-state index in [9.17, 15) is 49.2 Å². The summed E-state index contributed by atoms with van der Waals surface area (Å²) in [5.74, 6) is -0.911. The highest BCUT2D eigenvalue weighted by molar-refractivity contribution is 5.71. The third-order valence-electron chi connectivity index (χ3n) is 20.8. The van der Waals surface area contributed by atoms with Gasteiger partial charge in [-0.15, -0.1) is 0 Å². The second-order valence-electron chi connectivity index (χ2n) is 31.2. The van der Waals surface area contributed by atoms with Gasteiger partial charge in [0.25, 0.3) is 0 Å². The molecule has 0 amide bonds. The number of rotatable bonds is 78. The fourth-order valence-electron chi connectivity index (χ4n) is 14.1. The first-order chi connectivity index (χ1) is 51.5. The molecule has 4 N–H and O–H groups in total. The molecule has 624 valence electrons. The molecular formula is C86H164N4O16. The fraction of sp³-hybridized carbons (Fsp3) is 0.930. The molecule has 0 spiro atoms. The van der Waals surface area contributed by atoms with Gasteiger partial charge in [-0.1, -0.05) is 233 Å². The molecule has 106 heavy (non-hydrogen) atoms. The van der Waals surface area contributed by atoms with Crippen molar-refractivity contribution in [2.24, 2.45) is 0 Å². The predicted molar refractivity (Wildman–Crippen MR) is 428 cm³/mol. The Hall–Kier alpha value is -3.50. The van der Waals surface area contributed by atoms with Crippen molar-refractivity contribution in [3.05, 3.63) is 0 Å². The lowest BCUT2D eigenvalue weighted by Crippen LogP contribution is -2.57. The number of hydrogen-bond acceptors (Lipinski definition) is 20. The summed E-state index contributed by atoms with van der Waals surface area (Å²) in [5, 5.41) is 44.8. The maximum absolute atomic E-state index is 13.2. The normalized spacial score (nSPS) is 15.4. The summed E-state index contributed by atoms with van der Waals surface area (Å²) in [6, 6.07) is 0.391. The first-order valence-corrected chi connectivity index (χ1v) is 44.1. The van der Waals surface area contributed by atoms with Crippen LogP contribution in [0.4, 0.5) is 0 Å². The highest BCUT2D eigenvalue weighted by atomic mass is 16.6. The van der Waals surface area contributed by atoms with E-state index in [-0.39, 0.29) is 74.0 Å². The minimum absolute atomic E-state index is 0.0975. The Bertz CT molecular complexity index is 1820. The number of aliphatic hydroxyl groups is 4. The number of nitrogens with zero attached hydrogens (tertiary/aromatic N) is 4. The molecule has 0 aromatic carbocycles. The molecule has 0 aromatic heterocycles. The molecule has 20 heteroatoms. The van der Waals surface area contributed by atoms with Gasteiger partial charge in [-0.2, -0.15) is 0 Å². The summed E-state index contributed by atoms with van der Waals surface area (Å²) < 4.78 is 33.4. The second kappa shape index (κ2) is 73.0. The summed E-state index contributed by atoms with van der Waals surface area (Å²) in [7, 11) is 0. The van der Waals surface area contributed by atoms with Crippen molar-refractivity contribution < 1.29 is 77.6 Å². The van der Waals surface area contributed by atoms with Crippen LogP contribution in [-0.2, 0) is 57.2 Å². The number of carbonyl (C=O) groups is 6. The summed E-state index contributed by atoms with van der Waals surface area (Å²) in [4.78, 5) is 83.6. The van der Waals surface area contributed by atoms with Crippen molar-refractivity contribution in [1.82, 2.24) is 19.6 Å². The zero-order valence-electron chi connectivity index (χ0n) is 69.0. The first-order valence-electron chi connectivity index (χ1n) is 44.1. The summed E-state index contributed by atoms with van der Waals surface area (Å²) >= 11 is 0. The second-order valence-corrected chi connectivity index (χ2v) is 31.2. The molecule has 1 aliphatic heterocycles. The Morgan fingerprint density at radius 1 is 0.283 bits per heavy atom. The van der Waals surface area contributed by atoms with Crippen LogP contribution in [0.25, 0.3) is 0 Å². The molecule has 1 aliphatic rings. The number of piperazine rings is 1. The third kappa shape index (κ3) is 64.2. The van der Waals surface area contributed by atoms with Crippen LogP contribution >= 0.6 is 0 Å². The van der Waals surface area contributed by atoms with E-state index in [1.54, 1.807) is 0 Å². The summed E-state index contributed by atoms with van der Waals surface area (Å²) in [6.07, 6.45) is 44.8. The topological polar surface area (TPSA) is 252 Å². The maximum atomic E-state index is 13.2. The zero-order chi connectivity index (χ0) is 77.6. The maximum Gasteiger partial charge on any atom is 0.305 e. The van der Waals surface area contributed by atoms with Gasteiger partial charge in [-0.3, -0.25) is 48.4 Å². The molecule has 6 atom stereocenters. The van der Waals surface area contributed by atoms with Gasteiger partial charge in [-0.25, -0.2) is 0 Å². The Balaban J connectivity index is 2.62. The van der Waals surface area contributed by atoms with Gasteiger partial charge < -0.3 is 48.8 Å². The first kappa shape index (κ1) is 101. The molecule has 0 bridgehead atoms. The van der Waals surface area contributed by atoms with Gasteiger partial charge in [0, 0.05) is 103 Å². The summed E-state index contributed by atoms with van der Waals surface area (Å²) in [6.45, 7) is 21.0. The number of carbonyl (C=O) groups excluding carboxylic acids is 6. The van der Waals surface area contributed by atoms with Crippen molar-refractivity contribution in [1.29, 1.82) is 0 Å². The number of hydrogen-bond donors (Lipinski definition) is 4. The zero-order valence-corrected chi connectivity index (χ0v) is 69.0. The quantitative estimate of drug-likeness (QED) is 0.0251. The molecular weight excluding hydrogens is 1340 g/mol. The van der Waals surface area contributed by atoms with Crippen LogP contribution in [0.3, 0.4) is 0 Å². The lowest BCUT2D eigenvalue weighted by Gasteiger charge is -2.44. The van der Waals surface area contributed by atoms with E-state index in [0.29, 0.717) is 143 Å². The van der Waals surface area contributed by atoms with Crippen LogP contribution in [0, 0.1) is 0 Å². The van der Waals surface area contributed by atoms with Gasteiger partial charge in [0.1, 0.15) is 13.2 Å². The molecule has 0 saturated carbocycles. The number of esters is 6. The smallest absolute Gasteiger partial charge is 0.305 e. The molecule has 1 saturated heterocycles. The van der Waals surface area contributed by atoms with E-state index >= 15 is 0 Å². The van der Waals surface area contributed by atoms with Crippen molar-refractivity contribution >= 4 is 35.8 Å². The SMILES string of the molecule is CCCCCCCC(=O)OCCCCCCCC(O)CN(CCCC(=O)OCCN1CC(C)N(CCOC(=O)CCCN(CC(O)CCCCCCCOC(=O)CCCCCCC)CC(O)CCCCCCCOC(=O)CCCCCCC)CC1C)CC(O)CCCCCCCOC(=O)CCCCCCC. The van der Waals surface area contributed by atoms with Crippen LogP contribution in [0.5, 0.6) is 0 Å². The van der Waals surface area contributed by atoms with E-state index in [2.05, 4.69) is 61.1 Å². The average molecular weight is 1510 g/mol. The van der Waals surface area contributed by atoms with Crippen molar-refractivity contribution in [2.75, 3.05) is 105 Å². The Kier molecular flexibility index (Phi) is 69.2. The van der Waals surface area contributed by atoms with Gasteiger partial charge >= 0.3 is 35.8 Å². The largest absolute Gasteiger partial charge is 0.466 e. The highest BCUT2D eigenvalue weighted by Gasteiger charge is 2.29. The number of aliphatic hydroxyl groups excluding tert-OH is 4. The van der Waals surface area contributed by atoms with E-state index < -0.39 is 24.4 Å². The standard InChI is InChI=1S/C86H164N4O16/c1-7-11-15-23-39-53-81(95)101-63-43-31-19-27-35-49-77(91)71-87(72-78(92)50-36-28-20-32-44-64-102-82(96)54-40-24-16-12-8-2)59-47-57-85(99)105-67-61-89-69-76(6)90(70-75(89)5)62-68-106-86(100)58-48-60-88(73-79(93)51-37-29-21-33-45-65-103-83(97)55-41-25-17-13-9-3)74-80(94)52-38-30-22-34-46-66-104-84(98)56-42-26-18-14-10-4/h75-80,91-94H,7-74H2,1-6H3. The molecule has 6 unspecified atom stereocenters. The minimum atomic E-state index is -0.560. The molecule has 0 aromatic rings. The molecule has 1 fully saturated rings. The van der Waals surface area contributed by atoms with Crippen molar-refractivity contribution in [3.8, 4) is 0 Å². The lowest BCUT2D eigenvalue weighted by molar-refractivity contribution is -0.146. The van der Waals surface area contributed by atoms with E-state index in [4.69, 9.17) is 28.4 Å². The van der Waals surface area contributed by atoms with Crippen LogP contribution < -0.4 is 0 Å². The third-order valence-corrected chi connectivity index (χ3v) is 20.8. The van der Waals surface area contributed by atoms with Gasteiger partial charge in [-0.05, 0) is 117 Å². The fourth-order valence-corrected chi connectivity index (χ4v) is 14.1. The number of unbranched alkanes of at least 4 members (excludes halogenated alkanes) is 32. The molecule has 20 nitrogen and oxygen atoms in total. The molecule has 0 radical (unpaired) electrons. The Morgan fingerprint density at radius 3 is 0.726 bits per heavy atom. The van der Waals surface area contributed by atoms with Gasteiger partial charge in [0.15, 0.2) is 0 Å². The molecule has 1 rings (SSSR count). The Morgan fingerprint density at radius 2 is 0.481 bits per heavy atom. The van der Waals surface area contributed by atoms with E-state index in [0.717, 1.165) is 193 Å². The van der Waals surface area contributed by atoms with Crippen LogP contribution in [0.15, 0.2) is 0 Å². The average Bonchev–Trinajstić information content (AvgIpc) is 0.846. The van der Waals surface area contributed by atoms with Crippen LogP contribution in [-0.4, -0.2) is 217 Å². The highest BCUT2D eigenvalue weighted by Crippen LogP contribution is 2.20. The van der Waals surface area contributed by atoms with E-state index in [1.807, 2.05) is 0 Å². The summed E-state index contributed by atoms with van der Waals surface area (Å²) in [5.41, 5.74) is 0. The molecule has 0 aliphatic carbocycles. The van der Waals surface area contributed by atoms with Crippen molar-refractivity contribution in [2.45, 2.75) is 412 Å². The predicted octanol–water partition coefficient (Wildman–Crippen LogP) is 17.1. The van der Waals surface area contributed by atoms with Gasteiger partial charge in [0.2, 0.25) is 0 Å². The van der Waals surface area contributed by atoms with Gasteiger partial charge in [0.05, 0.1) is 50.8 Å². The number of ether oxygens (including phenoxy) is 6. The van der Waals surface area contributed by atoms with Crippen LogP contribution in [0.1, 0.15) is 375 Å². The van der Waals surface area contributed by atoms with Crippen molar-refractivity contribution in [3.63, 3.8) is 0 Å². The van der Waals surface area contributed by atoms with Crippen LogP contribution in [0.2, 0.25) is 0 Å². The van der Waals surface area contributed by atoms with E-state index in [1.165, 1.54) is 77.0 Å². The monoisotopic (exact) mass is 1510 g/mol. The molecule has 1 heterocycles. The minimum Gasteiger partial charge on any atom is -0.466 e. The lowest BCUT2D eigenvalue weighted by atomic mass is 10.1.